The molecule has 1 saturated heterocycles. The Kier molecular flexibility index (Phi) is 4.44. The maximum atomic E-state index is 5.71. The van der Waals surface area contributed by atoms with Gasteiger partial charge in [-0.25, -0.2) is 0 Å². The summed E-state index contributed by atoms with van der Waals surface area (Å²) in [5, 5.41) is 3.57. The quantitative estimate of drug-likeness (QED) is 0.862. The lowest BCUT2D eigenvalue weighted by atomic mass is 10.0. The zero-order chi connectivity index (χ0) is 13.9. The van der Waals surface area contributed by atoms with Gasteiger partial charge in [0.15, 0.2) is 0 Å². The van der Waals surface area contributed by atoms with E-state index in [4.69, 9.17) is 4.42 Å². The fourth-order valence-electron chi connectivity index (χ4n) is 3.00. The molecule has 3 rings (SSSR count). The van der Waals surface area contributed by atoms with Crippen LogP contribution in [0, 0.1) is 0 Å². The maximum Gasteiger partial charge on any atom is 0.122 e. The van der Waals surface area contributed by atoms with Crippen molar-refractivity contribution in [3.05, 3.63) is 23.7 Å². The van der Waals surface area contributed by atoms with Crippen LogP contribution < -0.4 is 5.32 Å². The summed E-state index contributed by atoms with van der Waals surface area (Å²) < 4.78 is 5.71. The average Bonchev–Trinajstić information content (AvgIpc) is 3.18. The first-order valence-corrected chi connectivity index (χ1v) is 7.90. The van der Waals surface area contributed by atoms with Crippen LogP contribution in [0.15, 0.2) is 16.7 Å². The molecule has 0 radical (unpaired) electrons. The molecule has 1 aliphatic heterocycles. The second kappa shape index (κ2) is 6.29. The summed E-state index contributed by atoms with van der Waals surface area (Å²) in [7, 11) is 4.45. The summed E-state index contributed by atoms with van der Waals surface area (Å²) >= 11 is 0. The van der Waals surface area contributed by atoms with Crippen molar-refractivity contribution in [3.63, 3.8) is 0 Å². The van der Waals surface area contributed by atoms with Crippen molar-refractivity contribution in [2.45, 2.75) is 50.9 Å². The molecule has 1 aliphatic carbocycles. The molecule has 0 atom stereocenters. The van der Waals surface area contributed by atoms with Gasteiger partial charge < -0.3 is 14.6 Å². The average molecular weight is 277 g/mol. The molecule has 0 amide bonds. The fraction of sp³-hybridized carbons (Fsp3) is 0.750. The topological polar surface area (TPSA) is 31.6 Å². The first kappa shape index (κ1) is 14.1. The third-order valence-corrected chi connectivity index (χ3v) is 4.70. The highest BCUT2D eigenvalue weighted by atomic mass is 16.3. The van der Waals surface area contributed by atoms with Crippen LogP contribution in [-0.4, -0.2) is 49.1 Å². The Labute approximate surface area is 122 Å². The smallest absolute Gasteiger partial charge is 0.122 e. The minimum Gasteiger partial charge on any atom is -0.468 e. The van der Waals surface area contributed by atoms with Crippen LogP contribution in [0.2, 0.25) is 0 Å². The lowest BCUT2D eigenvalue weighted by Gasteiger charge is -2.34. The van der Waals surface area contributed by atoms with Crippen molar-refractivity contribution in [3.8, 4) is 0 Å². The Hall–Kier alpha value is -0.840. The van der Waals surface area contributed by atoms with E-state index in [2.05, 4.69) is 35.3 Å². The van der Waals surface area contributed by atoms with Crippen LogP contribution in [0.25, 0.3) is 0 Å². The Morgan fingerprint density at radius 2 is 2.05 bits per heavy atom. The Balaban J connectivity index is 1.52. The van der Waals surface area contributed by atoms with Crippen molar-refractivity contribution in [2.75, 3.05) is 27.2 Å². The molecule has 2 heterocycles. The van der Waals surface area contributed by atoms with E-state index in [1.165, 1.54) is 44.3 Å². The Bertz CT molecular complexity index is 419. The lowest BCUT2D eigenvalue weighted by molar-refractivity contribution is 0.132. The van der Waals surface area contributed by atoms with Gasteiger partial charge in [-0.05, 0) is 58.9 Å². The molecular formula is C16H27N3O. The lowest BCUT2D eigenvalue weighted by Crippen LogP contribution is -2.41. The summed E-state index contributed by atoms with van der Waals surface area (Å²) in [4.78, 5) is 4.88. The molecule has 0 spiro atoms. The van der Waals surface area contributed by atoms with Crippen molar-refractivity contribution in [1.82, 2.24) is 15.1 Å². The van der Waals surface area contributed by atoms with Crippen molar-refractivity contribution < 1.29 is 4.42 Å². The first-order valence-electron chi connectivity index (χ1n) is 7.90. The fourth-order valence-corrected chi connectivity index (χ4v) is 3.00. The highest BCUT2D eigenvalue weighted by molar-refractivity contribution is 5.17. The first-order chi connectivity index (χ1) is 9.72. The minimum atomic E-state index is 0.695. The van der Waals surface area contributed by atoms with Gasteiger partial charge in [-0.3, -0.25) is 4.90 Å². The van der Waals surface area contributed by atoms with Crippen LogP contribution in [0.1, 0.15) is 37.0 Å². The molecule has 2 aliphatic rings. The molecule has 4 heteroatoms. The van der Waals surface area contributed by atoms with E-state index in [1.54, 1.807) is 0 Å². The zero-order valence-electron chi connectivity index (χ0n) is 12.8. The van der Waals surface area contributed by atoms with E-state index in [0.29, 0.717) is 6.04 Å². The standard InChI is InChI=1S/C16H27N3O/c1-18-8-5-15(6-9-18)19(2)12-16-13(7-10-20-16)11-17-14-3-4-14/h7,10,14-15,17H,3-6,8-9,11-12H2,1-2H3. The van der Waals surface area contributed by atoms with Gasteiger partial charge in [-0.2, -0.15) is 0 Å². The Morgan fingerprint density at radius 3 is 2.75 bits per heavy atom. The van der Waals surface area contributed by atoms with Crippen LogP contribution in [0.4, 0.5) is 0 Å². The largest absolute Gasteiger partial charge is 0.468 e. The van der Waals surface area contributed by atoms with E-state index in [1.807, 2.05) is 6.26 Å². The van der Waals surface area contributed by atoms with E-state index in [-0.39, 0.29) is 0 Å². The van der Waals surface area contributed by atoms with Gasteiger partial charge in [0.1, 0.15) is 5.76 Å². The van der Waals surface area contributed by atoms with Crippen LogP contribution >= 0.6 is 0 Å². The highest BCUT2D eigenvalue weighted by Gasteiger charge is 2.23. The van der Waals surface area contributed by atoms with Gasteiger partial charge in [0.25, 0.3) is 0 Å². The van der Waals surface area contributed by atoms with Gasteiger partial charge in [-0.15, -0.1) is 0 Å². The van der Waals surface area contributed by atoms with Crippen molar-refractivity contribution in [1.29, 1.82) is 0 Å². The van der Waals surface area contributed by atoms with E-state index in [0.717, 1.165) is 24.9 Å². The zero-order valence-corrected chi connectivity index (χ0v) is 12.8. The van der Waals surface area contributed by atoms with Gasteiger partial charge in [0.2, 0.25) is 0 Å². The van der Waals surface area contributed by atoms with Gasteiger partial charge in [0, 0.05) is 24.2 Å². The number of hydrogen-bond donors (Lipinski definition) is 1. The number of furan rings is 1. The van der Waals surface area contributed by atoms with Gasteiger partial charge in [-0.1, -0.05) is 0 Å². The predicted molar refractivity (Wildman–Crippen MR) is 80.6 cm³/mol. The molecule has 20 heavy (non-hydrogen) atoms. The highest BCUT2D eigenvalue weighted by Crippen LogP contribution is 2.22. The van der Waals surface area contributed by atoms with E-state index >= 15 is 0 Å². The molecule has 1 aromatic heterocycles. The van der Waals surface area contributed by atoms with Crippen LogP contribution in [-0.2, 0) is 13.1 Å². The molecular weight excluding hydrogens is 250 g/mol. The van der Waals surface area contributed by atoms with E-state index in [9.17, 15) is 0 Å². The summed E-state index contributed by atoms with van der Waals surface area (Å²) in [5.41, 5.74) is 1.33. The molecule has 1 aromatic rings. The molecule has 0 bridgehead atoms. The predicted octanol–water partition coefficient (Wildman–Crippen LogP) is 2.06. The monoisotopic (exact) mass is 277 g/mol. The molecule has 4 nitrogen and oxygen atoms in total. The maximum absolute atomic E-state index is 5.71. The number of hydrogen-bond acceptors (Lipinski definition) is 4. The molecule has 0 unspecified atom stereocenters. The second-order valence-corrected chi connectivity index (χ2v) is 6.47. The van der Waals surface area contributed by atoms with Crippen molar-refractivity contribution in [2.24, 2.45) is 0 Å². The molecule has 0 aromatic carbocycles. The number of rotatable bonds is 6. The molecule has 1 saturated carbocycles. The second-order valence-electron chi connectivity index (χ2n) is 6.47. The third kappa shape index (κ3) is 3.62. The third-order valence-electron chi connectivity index (χ3n) is 4.70. The number of nitrogens with zero attached hydrogens (tertiary/aromatic N) is 2. The van der Waals surface area contributed by atoms with Gasteiger partial charge >= 0.3 is 0 Å². The molecule has 112 valence electrons. The summed E-state index contributed by atoms with van der Waals surface area (Å²) in [5.74, 6) is 1.14. The summed E-state index contributed by atoms with van der Waals surface area (Å²) in [6.45, 7) is 4.31. The van der Waals surface area contributed by atoms with Crippen molar-refractivity contribution >= 4 is 0 Å². The van der Waals surface area contributed by atoms with Crippen LogP contribution in [0.3, 0.4) is 0 Å². The summed E-state index contributed by atoms with van der Waals surface area (Å²) in [6.07, 6.45) is 7.04. The summed E-state index contributed by atoms with van der Waals surface area (Å²) in [6, 6.07) is 3.57. The van der Waals surface area contributed by atoms with E-state index < -0.39 is 0 Å². The number of piperidine rings is 1. The SMILES string of the molecule is CN1CCC(N(C)Cc2occc2CNC2CC2)CC1. The van der Waals surface area contributed by atoms with Gasteiger partial charge in [0.05, 0.1) is 12.8 Å². The number of likely N-dealkylation sites (tertiary alicyclic amines) is 1. The number of nitrogens with one attached hydrogen (secondary N) is 1. The van der Waals surface area contributed by atoms with Crippen LogP contribution in [0.5, 0.6) is 0 Å². The Morgan fingerprint density at radius 1 is 1.30 bits per heavy atom. The minimum absolute atomic E-state index is 0.695. The normalized spacial score (nSPS) is 21.8. The molecule has 1 N–H and O–H groups in total. The molecule has 2 fully saturated rings.